The number of hydrogen-bond acceptors (Lipinski definition) is 3. The Morgan fingerprint density at radius 3 is 2.64 bits per heavy atom. The van der Waals surface area contributed by atoms with Crippen molar-refractivity contribution in [3.63, 3.8) is 0 Å². The van der Waals surface area contributed by atoms with Gasteiger partial charge in [0.25, 0.3) is 0 Å². The quantitative estimate of drug-likeness (QED) is 0.771. The summed E-state index contributed by atoms with van der Waals surface area (Å²) < 4.78 is 10.6. The fourth-order valence-electron chi connectivity index (χ4n) is 4.93. The number of benzene rings is 1. The molecule has 4 heteroatoms. The van der Waals surface area contributed by atoms with Crippen LogP contribution in [0.5, 0.6) is 11.5 Å². The van der Waals surface area contributed by atoms with Gasteiger partial charge in [-0.2, -0.15) is 0 Å². The molecule has 1 aromatic carbocycles. The number of hydrogen-bond donors (Lipinski definition) is 0. The molecule has 0 spiro atoms. The largest absolute Gasteiger partial charge is 0.497 e. The van der Waals surface area contributed by atoms with E-state index >= 15 is 0 Å². The summed E-state index contributed by atoms with van der Waals surface area (Å²) in [5.41, 5.74) is 1.45. The first-order chi connectivity index (χ1) is 11.8. The smallest absolute Gasteiger partial charge is 0.246 e. The Hall–Kier alpha value is -1.97. The summed E-state index contributed by atoms with van der Waals surface area (Å²) in [4.78, 5) is 14.9. The van der Waals surface area contributed by atoms with Gasteiger partial charge in [-0.05, 0) is 48.3 Å². The lowest BCUT2D eigenvalue weighted by atomic mass is 9.65. The number of fused-ring (bicyclic) bond motifs is 2. The maximum absolute atomic E-state index is 12.8. The highest BCUT2D eigenvalue weighted by molar-refractivity contribution is 5.92. The third-order valence-electron chi connectivity index (χ3n) is 5.54. The van der Waals surface area contributed by atoms with Crippen molar-refractivity contribution in [2.45, 2.75) is 46.1 Å². The van der Waals surface area contributed by atoms with E-state index in [0.717, 1.165) is 30.7 Å². The molecule has 1 saturated carbocycles. The van der Waals surface area contributed by atoms with Gasteiger partial charge in [-0.15, -0.1) is 0 Å². The molecular formula is C21H29NO3. The molecule has 25 heavy (non-hydrogen) atoms. The fourth-order valence-corrected chi connectivity index (χ4v) is 4.93. The molecule has 0 aromatic heterocycles. The monoisotopic (exact) mass is 343 g/mol. The van der Waals surface area contributed by atoms with Crippen molar-refractivity contribution < 1.29 is 14.3 Å². The number of carbonyl (C=O) groups excluding carboxylic acids is 1. The Morgan fingerprint density at radius 1 is 1.20 bits per heavy atom. The first-order valence-corrected chi connectivity index (χ1v) is 8.96. The second-order valence-electron chi connectivity index (χ2n) is 8.62. The van der Waals surface area contributed by atoms with Crippen molar-refractivity contribution >= 4 is 12.0 Å². The van der Waals surface area contributed by atoms with E-state index < -0.39 is 0 Å². The summed E-state index contributed by atoms with van der Waals surface area (Å²) in [6, 6.07) is 5.98. The van der Waals surface area contributed by atoms with Gasteiger partial charge in [-0.1, -0.05) is 20.8 Å². The van der Waals surface area contributed by atoms with E-state index in [1.807, 2.05) is 24.3 Å². The number of rotatable bonds is 4. The van der Waals surface area contributed by atoms with E-state index in [1.54, 1.807) is 20.3 Å². The molecule has 136 valence electrons. The van der Waals surface area contributed by atoms with Crippen molar-refractivity contribution in [3.05, 3.63) is 29.8 Å². The van der Waals surface area contributed by atoms with Crippen LogP contribution in [0.25, 0.3) is 6.08 Å². The van der Waals surface area contributed by atoms with Crippen molar-refractivity contribution in [1.29, 1.82) is 0 Å². The zero-order chi connectivity index (χ0) is 18.2. The zero-order valence-corrected chi connectivity index (χ0v) is 16.0. The van der Waals surface area contributed by atoms with Gasteiger partial charge >= 0.3 is 0 Å². The second kappa shape index (κ2) is 6.40. The summed E-state index contributed by atoms with van der Waals surface area (Å²) >= 11 is 0. The maximum Gasteiger partial charge on any atom is 0.246 e. The normalized spacial score (nSPS) is 27.6. The Labute approximate surface area is 150 Å². The molecule has 1 amide bonds. The summed E-state index contributed by atoms with van der Waals surface area (Å²) in [6.07, 6.45) is 6.93. The highest BCUT2D eigenvalue weighted by atomic mass is 16.5. The third-order valence-corrected chi connectivity index (χ3v) is 5.54. The van der Waals surface area contributed by atoms with E-state index in [-0.39, 0.29) is 11.3 Å². The molecular weight excluding hydrogens is 314 g/mol. The van der Waals surface area contributed by atoms with E-state index in [1.165, 1.54) is 6.42 Å². The fraction of sp³-hybridized carbons (Fsp3) is 0.571. The Kier molecular flexibility index (Phi) is 4.56. The number of carbonyl (C=O) groups is 1. The molecule has 2 fully saturated rings. The van der Waals surface area contributed by atoms with Gasteiger partial charge in [0.2, 0.25) is 5.91 Å². The molecule has 1 aliphatic carbocycles. The van der Waals surface area contributed by atoms with Gasteiger partial charge in [-0.25, -0.2) is 0 Å². The van der Waals surface area contributed by atoms with E-state index in [4.69, 9.17) is 9.47 Å². The lowest BCUT2D eigenvalue weighted by Gasteiger charge is -2.39. The van der Waals surface area contributed by atoms with Crippen molar-refractivity contribution in [2.75, 3.05) is 20.8 Å². The predicted molar refractivity (Wildman–Crippen MR) is 99.8 cm³/mol. The molecule has 4 nitrogen and oxygen atoms in total. The molecule has 1 aromatic rings. The molecule has 0 unspecified atom stereocenters. The molecule has 2 atom stereocenters. The predicted octanol–water partition coefficient (Wildman–Crippen LogP) is 4.14. The van der Waals surface area contributed by atoms with Crippen molar-refractivity contribution in [2.24, 2.45) is 10.8 Å². The van der Waals surface area contributed by atoms with Gasteiger partial charge in [-0.3, -0.25) is 4.79 Å². The van der Waals surface area contributed by atoms with Crippen LogP contribution in [0.3, 0.4) is 0 Å². The summed E-state index contributed by atoms with van der Waals surface area (Å²) in [7, 11) is 3.25. The molecule has 0 N–H and O–H groups in total. The van der Waals surface area contributed by atoms with Crippen LogP contribution < -0.4 is 9.47 Å². The molecule has 2 bridgehead atoms. The van der Waals surface area contributed by atoms with Crippen LogP contribution in [-0.2, 0) is 4.79 Å². The average Bonchev–Trinajstić information content (AvgIpc) is 2.81. The number of nitrogens with zero attached hydrogens (tertiary/aromatic N) is 1. The Morgan fingerprint density at radius 2 is 1.96 bits per heavy atom. The number of ether oxygens (including phenoxy) is 2. The maximum atomic E-state index is 12.8. The molecule has 3 rings (SSSR count). The number of methoxy groups -OCH3 is 2. The highest BCUT2D eigenvalue weighted by Crippen LogP contribution is 2.52. The minimum Gasteiger partial charge on any atom is -0.497 e. The van der Waals surface area contributed by atoms with Crippen molar-refractivity contribution in [1.82, 2.24) is 4.90 Å². The molecule has 1 aliphatic heterocycles. The standard InChI is InChI=1S/C21H29NO3/c1-20(2)11-16-12-21(3,13-20)14-22(16)19(23)9-7-15-6-8-17(24-4)10-18(15)25-5/h6-10,16H,11-14H2,1-5H3/b9-7+/t16-,21-/m1/s1. The molecule has 0 radical (unpaired) electrons. The van der Waals surface area contributed by atoms with Crippen molar-refractivity contribution in [3.8, 4) is 11.5 Å². The summed E-state index contributed by atoms with van der Waals surface area (Å²) in [6.45, 7) is 7.83. The summed E-state index contributed by atoms with van der Waals surface area (Å²) in [5, 5.41) is 0. The van der Waals surface area contributed by atoms with Crippen LogP contribution in [-0.4, -0.2) is 37.6 Å². The Balaban J connectivity index is 1.76. The molecule has 1 heterocycles. The third kappa shape index (κ3) is 3.68. The number of amides is 1. The Bertz CT molecular complexity index is 694. The topological polar surface area (TPSA) is 38.8 Å². The van der Waals surface area contributed by atoms with Gasteiger partial charge < -0.3 is 14.4 Å². The minimum atomic E-state index is 0.101. The van der Waals surface area contributed by atoms with Crippen LogP contribution in [0.4, 0.5) is 0 Å². The van der Waals surface area contributed by atoms with Gasteiger partial charge in [0, 0.05) is 30.3 Å². The minimum absolute atomic E-state index is 0.101. The van der Waals surface area contributed by atoms with E-state index in [0.29, 0.717) is 17.2 Å². The SMILES string of the molecule is COc1ccc(/C=C/C(=O)N2C[C@]3(C)C[C@H]2CC(C)(C)C3)c(OC)c1. The van der Waals surface area contributed by atoms with Crippen LogP contribution in [0.2, 0.25) is 0 Å². The van der Waals surface area contributed by atoms with Gasteiger partial charge in [0.05, 0.1) is 14.2 Å². The first-order valence-electron chi connectivity index (χ1n) is 8.96. The average molecular weight is 343 g/mol. The highest BCUT2D eigenvalue weighted by Gasteiger charge is 2.50. The van der Waals surface area contributed by atoms with Crippen LogP contribution in [0.15, 0.2) is 24.3 Å². The molecule has 2 aliphatic rings. The molecule has 1 saturated heterocycles. The van der Waals surface area contributed by atoms with Gasteiger partial charge in [0.15, 0.2) is 0 Å². The summed E-state index contributed by atoms with van der Waals surface area (Å²) in [5.74, 6) is 1.55. The number of likely N-dealkylation sites (tertiary alicyclic amines) is 1. The van der Waals surface area contributed by atoms with Crippen LogP contribution >= 0.6 is 0 Å². The lowest BCUT2D eigenvalue weighted by Crippen LogP contribution is -2.36. The lowest BCUT2D eigenvalue weighted by molar-refractivity contribution is -0.127. The van der Waals surface area contributed by atoms with Gasteiger partial charge in [0.1, 0.15) is 11.5 Å². The zero-order valence-electron chi connectivity index (χ0n) is 16.0. The van der Waals surface area contributed by atoms with Crippen LogP contribution in [0.1, 0.15) is 45.6 Å². The second-order valence-corrected chi connectivity index (χ2v) is 8.62. The van der Waals surface area contributed by atoms with Crippen LogP contribution in [0, 0.1) is 10.8 Å². The van der Waals surface area contributed by atoms with E-state index in [2.05, 4.69) is 25.7 Å². The first kappa shape index (κ1) is 17.8. The van der Waals surface area contributed by atoms with E-state index in [9.17, 15) is 4.79 Å².